The fraction of sp³-hybridized carbons (Fsp3) is 0.676. The summed E-state index contributed by atoms with van der Waals surface area (Å²) in [5.74, 6) is -0.315. The molecular formula is C34H57N5O3. The molecule has 3 atom stereocenters. The highest BCUT2D eigenvalue weighted by Gasteiger charge is 2.41. The number of hydrogen-bond acceptors (Lipinski definition) is 5. The lowest BCUT2D eigenvalue weighted by Gasteiger charge is -2.40. The Labute approximate surface area is 255 Å². The molecule has 0 aromatic heterocycles. The van der Waals surface area contributed by atoms with Crippen molar-refractivity contribution in [3.05, 3.63) is 46.5 Å². The minimum absolute atomic E-state index is 0.0145. The molecule has 2 rings (SSSR count). The van der Waals surface area contributed by atoms with Gasteiger partial charge in [0.1, 0.15) is 6.04 Å². The summed E-state index contributed by atoms with van der Waals surface area (Å²) in [4.78, 5) is 47.1. The predicted molar refractivity (Wildman–Crippen MR) is 172 cm³/mol. The molecule has 0 spiro atoms. The van der Waals surface area contributed by atoms with Crippen molar-refractivity contribution in [2.24, 2.45) is 11.3 Å². The number of piperazine rings is 1. The smallest absolute Gasteiger partial charge is 0.249 e. The molecule has 3 amide bonds. The summed E-state index contributed by atoms with van der Waals surface area (Å²) in [7, 11) is 5.62. The molecule has 0 saturated carbocycles. The molecule has 1 heterocycles. The second-order valence-corrected chi connectivity index (χ2v) is 14.2. The van der Waals surface area contributed by atoms with Crippen LogP contribution in [0.3, 0.4) is 0 Å². The SMILES string of the molecule is CN[C@H](C(=O)N[C@H](C(=O)N(C)[C@H](C=C(C)C(=O)N1CCN(C)CC1)C(C)C)C(C)(C)C)C(C)(C)c1ccc(C)c(C)c1. The van der Waals surface area contributed by atoms with Crippen LogP contribution in [-0.2, 0) is 19.8 Å². The van der Waals surface area contributed by atoms with Crippen molar-refractivity contribution in [3.63, 3.8) is 0 Å². The maximum atomic E-state index is 14.1. The van der Waals surface area contributed by atoms with E-state index in [2.05, 4.69) is 68.5 Å². The first-order chi connectivity index (χ1) is 19.3. The quantitative estimate of drug-likeness (QED) is 0.408. The third-order valence-corrected chi connectivity index (χ3v) is 8.95. The molecule has 42 heavy (non-hydrogen) atoms. The number of carbonyl (C=O) groups is 3. The van der Waals surface area contributed by atoms with E-state index in [1.54, 1.807) is 19.0 Å². The Hall–Kier alpha value is -2.71. The number of carbonyl (C=O) groups excluding carboxylic acids is 3. The largest absolute Gasteiger partial charge is 0.342 e. The molecule has 0 unspecified atom stereocenters. The molecule has 1 aromatic rings. The van der Waals surface area contributed by atoms with Crippen LogP contribution < -0.4 is 10.6 Å². The number of likely N-dealkylation sites (N-methyl/N-ethyl adjacent to an activating group) is 3. The Morgan fingerprint density at radius 1 is 0.952 bits per heavy atom. The van der Waals surface area contributed by atoms with Gasteiger partial charge < -0.3 is 25.3 Å². The molecule has 1 saturated heterocycles. The van der Waals surface area contributed by atoms with Crippen molar-refractivity contribution in [1.82, 2.24) is 25.3 Å². The van der Waals surface area contributed by atoms with Gasteiger partial charge in [-0.1, -0.05) is 72.7 Å². The van der Waals surface area contributed by atoms with E-state index in [0.717, 1.165) is 18.7 Å². The lowest BCUT2D eigenvalue weighted by Crippen LogP contribution is -2.61. The van der Waals surface area contributed by atoms with Gasteiger partial charge in [-0.3, -0.25) is 14.4 Å². The fourth-order valence-corrected chi connectivity index (χ4v) is 5.69. The fourth-order valence-electron chi connectivity index (χ4n) is 5.69. The first-order valence-electron chi connectivity index (χ1n) is 15.3. The third kappa shape index (κ3) is 8.44. The number of rotatable bonds is 10. The number of amides is 3. The van der Waals surface area contributed by atoms with Crippen LogP contribution in [0.25, 0.3) is 0 Å². The number of nitrogens with one attached hydrogen (secondary N) is 2. The average molecular weight is 584 g/mol. The van der Waals surface area contributed by atoms with Gasteiger partial charge in [0.05, 0.1) is 12.1 Å². The van der Waals surface area contributed by atoms with Crippen LogP contribution in [0.2, 0.25) is 0 Å². The number of hydrogen-bond donors (Lipinski definition) is 2. The van der Waals surface area contributed by atoms with Crippen LogP contribution in [-0.4, -0.2) is 97.9 Å². The Kier molecular flexibility index (Phi) is 12.0. The van der Waals surface area contributed by atoms with E-state index in [9.17, 15) is 14.4 Å². The van der Waals surface area contributed by atoms with Gasteiger partial charge >= 0.3 is 0 Å². The lowest BCUT2D eigenvalue weighted by atomic mass is 9.76. The molecule has 2 N–H and O–H groups in total. The van der Waals surface area contributed by atoms with Crippen molar-refractivity contribution in [2.45, 2.75) is 92.8 Å². The second kappa shape index (κ2) is 14.2. The van der Waals surface area contributed by atoms with Crippen LogP contribution in [0.4, 0.5) is 0 Å². The zero-order valence-electron chi connectivity index (χ0n) is 28.5. The monoisotopic (exact) mass is 583 g/mol. The molecule has 0 radical (unpaired) electrons. The molecule has 1 aromatic carbocycles. The van der Waals surface area contributed by atoms with Crippen LogP contribution in [0, 0.1) is 25.2 Å². The van der Waals surface area contributed by atoms with Gasteiger partial charge in [-0.25, -0.2) is 0 Å². The van der Waals surface area contributed by atoms with E-state index in [4.69, 9.17) is 0 Å². The molecule has 1 fully saturated rings. The van der Waals surface area contributed by atoms with Crippen LogP contribution in [0.15, 0.2) is 29.8 Å². The van der Waals surface area contributed by atoms with Crippen molar-refractivity contribution < 1.29 is 14.4 Å². The van der Waals surface area contributed by atoms with Gasteiger partial charge in [-0.2, -0.15) is 0 Å². The normalized spacial score (nSPS) is 17.6. The minimum atomic E-state index is -0.760. The summed E-state index contributed by atoms with van der Waals surface area (Å²) >= 11 is 0. The standard InChI is InChI=1S/C34H57N5O3/c1-22(2)27(21-25(5)31(41)39-18-16-37(12)17-19-39)38(13)32(42)29(33(6,7)8)36-30(40)28(35-11)34(9,10)26-15-14-23(3)24(4)20-26/h14-15,20-22,27-29,35H,16-19H2,1-13H3,(H,36,40)/t27-,28-,29-/m1/s1. The van der Waals surface area contributed by atoms with E-state index in [-0.39, 0.29) is 29.7 Å². The Morgan fingerprint density at radius 3 is 2.00 bits per heavy atom. The van der Waals surface area contributed by atoms with E-state index in [1.165, 1.54) is 11.1 Å². The number of aryl methyl sites for hydroxylation is 2. The zero-order chi connectivity index (χ0) is 32.2. The maximum absolute atomic E-state index is 14.1. The summed E-state index contributed by atoms with van der Waals surface area (Å²) in [6.07, 6.45) is 1.92. The van der Waals surface area contributed by atoms with Crippen molar-refractivity contribution in [1.29, 1.82) is 0 Å². The summed E-state index contributed by atoms with van der Waals surface area (Å²) in [5, 5.41) is 6.34. The second-order valence-electron chi connectivity index (χ2n) is 14.2. The first kappa shape index (κ1) is 35.5. The first-order valence-corrected chi connectivity index (χ1v) is 15.3. The van der Waals surface area contributed by atoms with Crippen molar-refractivity contribution in [3.8, 4) is 0 Å². The van der Waals surface area contributed by atoms with E-state index in [1.807, 2.05) is 52.5 Å². The summed E-state index contributed by atoms with van der Waals surface area (Å²) < 4.78 is 0. The Bertz CT molecular complexity index is 1140. The summed E-state index contributed by atoms with van der Waals surface area (Å²) in [6.45, 7) is 23.2. The number of nitrogens with zero attached hydrogens (tertiary/aromatic N) is 3. The lowest BCUT2D eigenvalue weighted by molar-refractivity contribution is -0.141. The highest BCUT2D eigenvalue weighted by atomic mass is 16.2. The topological polar surface area (TPSA) is 85.0 Å². The average Bonchev–Trinajstić information content (AvgIpc) is 2.90. The van der Waals surface area contributed by atoms with E-state index >= 15 is 0 Å². The van der Waals surface area contributed by atoms with Crippen LogP contribution >= 0.6 is 0 Å². The predicted octanol–water partition coefficient (Wildman–Crippen LogP) is 3.90. The van der Waals surface area contributed by atoms with E-state index in [0.29, 0.717) is 18.7 Å². The van der Waals surface area contributed by atoms with Gasteiger partial charge in [-0.15, -0.1) is 0 Å². The molecule has 0 bridgehead atoms. The van der Waals surface area contributed by atoms with Crippen LogP contribution in [0.1, 0.15) is 72.1 Å². The van der Waals surface area contributed by atoms with Crippen LogP contribution in [0.5, 0.6) is 0 Å². The molecule has 1 aliphatic rings. The van der Waals surface area contributed by atoms with E-state index < -0.39 is 22.9 Å². The van der Waals surface area contributed by atoms with Gasteiger partial charge in [0.25, 0.3) is 0 Å². The molecular weight excluding hydrogens is 526 g/mol. The number of benzene rings is 1. The van der Waals surface area contributed by atoms with Crippen molar-refractivity contribution >= 4 is 17.7 Å². The minimum Gasteiger partial charge on any atom is -0.342 e. The summed E-state index contributed by atoms with van der Waals surface area (Å²) in [5.41, 5.74) is 3.00. The van der Waals surface area contributed by atoms with Crippen molar-refractivity contribution in [2.75, 3.05) is 47.3 Å². The molecule has 8 nitrogen and oxygen atoms in total. The third-order valence-electron chi connectivity index (χ3n) is 8.95. The molecule has 8 heteroatoms. The maximum Gasteiger partial charge on any atom is 0.249 e. The van der Waals surface area contributed by atoms with Gasteiger partial charge in [0.15, 0.2) is 0 Å². The summed E-state index contributed by atoms with van der Waals surface area (Å²) in [6, 6.07) is 4.67. The molecule has 1 aliphatic heterocycles. The highest BCUT2D eigenvalue weighted by molar-refractivity contribution is 5.94. The Balaban J connectivity index is 2.32. The Morgan fingerprint density at radius 2 is 1.52 bits per heavy atom. The molecule has 236 valence electrons. The van der Waals surface area contributed by atoms with Gasteiger partial charge in [0.2, 0.25) is 17.7 Å². The molecule has 0 aliphatic carbocycles. The van der Waals surface area contributed by atoms with Gasteiger partial charge in [0, 0.05) is 44.2 Å². The highest BCUT2D eigenvalue weighted by Crippen LogP contribution is 2.30. The van der Waals surface area contributed by atoms with Gasteiger partial charge in [-0.05, 0) is 62.9 Å². The zero-order valence-corrected chi connectivity index (χ0v) is 28.5.